The predicted molar refractivity (Wildman–Crippen MR) is 75.2 cm³/mol. The Morgan fingerprint density at radius 3 is 2.43 bits per heavy atom. The van der Waals surface area contributed by atoms with Crippen LogP contribution in [0.2, 0.25) is 5.02 Å². The van der Waals surface area contributed by atoms with Gasteiger partial charge in [-0.1, -0.05) is 16.8 Å². The molecule has 0 spiro atoms. The summed E-state index contributed by atoms with van der Waals surface area (Å²) in [6.07, 6.45) is 0. The number of aromatic hydroxyl groups is 3. The second-order valence-electron chi connectivity index (χ2n) is 4.29. The fraction of sp³-hybridized carbons (Fsp3) is 0. The van der Waals surface area contributed by atoms with Gasteiger partial charge in [-0.2, -0.15) is 4.98 Å². The van der Waals surface area contributed by atoms with E-state index in [0.29, 0.717) is 16.1 Å². The average molecular weight is 305 g/mol. The molecule has 0 amide bonds. The van der Waals surface area contributed by atoms with Crippen molar-refractivity contribution in [1.82, 2.24) is 10.1 Å². The Kier molecular flexibility index (Phi) is 3.15. The number of hydrogen-bond acceptors (Lipinski definition) is 6. The minimum absolute atomic E-state index is 0.0387. The Morgan fingerprint density at radius 1 is 0.905 bits per heavy atom. The van der Waals surface area contributed by atoms with Gasteiger partial charge in [-0.25, -0.2) is 0 Å². The summed E-state index contributed by atoms with van der Waals surface area (Å²) in [5.74, 6) is -0.264. The molecule has 7 heteroatoms. The lowest BCUT2D eigenvalue weighted by molar-refractivity contribution is 0.403. The topological polar surface area (TPSA) is 99.6 Å². The van der Waals surface area contributed by atoms with Crippen LogP contribution in [0.1, 0.15) is 0 Å². The predicted octanol–water partition coefficient (Wildman–Crippen LogP) is 3.17. The lowest BCUT2D eigenvalue weighted by atomic mass is 10.2. The van der Waals surface area contributed by atoms with E-state index in [-0.39, 0.29) is 29.0 Å². The largest absolute Gasteiger partial charge is 0.507 e. The lowest BCUT2D eigenvalue weighted by Gasteiger charge is -1.99. The van der Waals surface area contributed by atoms with Gasteiger partial charge < -0.3 is 19.8 Å². The van der Waals surface area contributed by atoms with Gasteiger partial charge >= 0.3 is 0 Å². The van der Waals surface area contributed by atoms with E-state index >= 15 is 0 Å². The van der Waals surface area contributed by atoms with Crippen LogP contribution < -0.4 is 0 Å². The summed E-state index contributed by atoms with van der Waals surface area (Å²) in [7, 11) is 0. The first-order valence-electron chi connectivity index (χ1n) is 5.89. The van der Waals surface area contributed by atoms with E-state index in [9.17, 15) is 15.3 Å². The van der Waals surface area contributed by atoms with Crippen LogP contribution in [0.4, 0.5) is 0 Å². The van der Waals surface area contributed by atoms with Gasteiger partial charge in [-0.05, 0) is 36.4 Å². The number of rotatable bonds is 2. The molecule has 1 aromatic heterocycles. The van der Waals surface area contributed by atoms with E-state index in [1.807, 2.05) is 0 Å². The number of hydrogen-bond donors (Lipinski definition) is 3. The molecule has 1 heterocycles. The second kappa shape index (κ2) is 4.99. The molecule has 0 saturated carbocycles. The smallest absolute Gasteiger partial charge is 0.262 e. The van der Waals surface area contributed by atoms with Gasteiger partial charge in [0.05, 0.1) is 5.56 Å². The maximum atomic E-state index is 9.79. The Balaban J connectivity index is 2.03. The number of phenolic OH excluding ortho intramolecular Hbond substituents is 3. The molecule has 2 aromatic carbocycles. The minimum Gasteiger partial charge on any atom is -0.507 e. The summed E-state index contributed by atoms with van der Waals surface area (Å²) >= 11 is 5.87. The molecule has 0 saturated heterocycles. The zero-order valence-electron chi connectivity index (χ0n) is 10.5. The van der Waals surface area contributed by atoms with Gasteiger partial charge in [-0.3, -0.25) is 0 Å². The molecule has 3 N–H and O–H groups in total. The molecule has 0 aliphatic carbocycles. The monoisotopic (exact) mass is 304 g/mol. The molecule has 0 aliphatic rings. The number of aromatic nitrogens is 2. The van der Waals surface area contributed by atoms with E-state index in [4.69, 9.17) is 16.1 Å². The number of halogens is 1. The lowest BCUT2D eigenvalue weighted by Crippen LogP contribution is -1.82. The second-order valence-corrected chi connectivity index (χ2v) is 4.72. The summed E-state index contributed by atoms with van der Waals surface area (Å²) in [5.41, 5.74) is 0.770. The van der Waals surface area contributed by atoms with Crippen LogP contribution in [0.15, 0.2) is 40.9 Å². The van der Waals surface area contributed by atoms with Gasteiger partial charge in [0.25, 0.3) is 5.89 Å². The summed E-state index contributed by atoms with van der Waals surface area (Å²) in [6.45, 7) is 0. The highest BCUT2D eigenvalue weighted by Gasteiger charge is 2.15. The van der Waals surface area contributed by atoms with Crippen molar-refractivity contribution in [2.24, 2.45) is 0 Å². The third-order valence-corrected chi connectivity index (χ3v) is 3.08. The number of phenols is 3. The zero-order valence-corrected chi connectivity index (χ0v) is 11.2. The van der Waals surface area contributed by atoms with Crippen LogP contribution in [0.25, 0.3) is 22.8 Å². The molecule has 0 unspecified atom stereocenters. The van der Waals surface area contributed by atoms with Gasteiger partial charge in [-0.15, -0.1) is 0 Å². The molecule has 0 fully saturated rings. The van der Waals surface area contributed by atoms with Crippen LogP contribution in [0.5, 0.6) is 17.2 Å². The summed E-state index contributed by atoms with van der Waals surface area (Å²) in [6, 6.07) is 8.62. The third kappa shape index (κ3) is 2.48. The van der Waals surface area contributed by atoms with Gasteiger partial charge in [0, 0.05) is 10.6 Å². The molecule has 106 valence electrons. The Morgan fingerprint density at radius 2 is 1.67 bits per heavy atom. The molecule has 0 radical (unpaired) electrons. The normalized spacial score (nSPS) is 10.7. The van der Waals surface area contributed by atoms with Crippen molar-refractivity contribution >= 4 is 11.6 Å². The average Bonchev–Trinajstić information content (AvgIpc) is 2.94. The standard InChI is InChI=1S/C14H9ClN2O4/c15-8-2-4-10(18)9(6-8)14-16-13(17-21-14)7-1-3-11(19)12(20)5-7/h1-6,18-20H. The number of nitrogens with zero attached hydrogens (tertiary/aromatic N) is 2. The van der Waals surface area contributed by atoms with Crippen molar-refractivity contribution in [2.45, 2.75) is 0 Å². The molecule has 0 bridgehead atoms. The van der Waals surface area contributed by atoms with Crippen molar-refractivity contribution in [1.29, 1.82) is 0 Å². The summed E-state index contributed by atoms with van der Waals surface area (Å²) < 4.78 is 5.09. The first kappa shape index (κ1) is 13.3. The zero-order chi connectivity index (χ0) is 15.0. The highest BCUT2D eigenvalue weighted by molar-refractivity contribution is 6.30. The molecule has 6 nitrogen and oxygen atoms in total. The van der Waals surface area contributed by atoms with Crippen LogP contribution >= 0.6 is 11.6 Å². The minimum atomic E-state index is -0.288. The first-order chi connectivity index (χ1) is 10.0. The van der Waals surface area contributed by atoms with Gasteiger partial charge in [0.15, 0.2) is 11.5 Å². The van der Waals surface area contributed by atoms with Crippen molar-refractivity contribution in [2.75, 3.05) is 0 Å². The van der Waals surface area contributed by atoms with Crippen LogP contribution in [-0.4, -0.2) is 25.5 Å². The molecule has 0 atom stereocenters. The van der Waals surface area contributed by atoms with Crippen LogP contribution in [0.3, 0.4) is 0 Å². The summed E-state index contributed by atoms with van der Waals surface area (Å²) in [4.78, 5) is 4.13. The Bertz CT molecular complexity index is 816. The van der Waals surface area contributed by atoms with Crippen molar-refractivity contribution in [3.8, 4) is 40.1 Å². The van der Waals surface area contributed by atoms with Crippen molar-refractivity contribution in [3.63, 3.8) is 0 Å². The highest BCUT2D eigenvalue weighted by Crippen LogP contribution is 2.33. The quantitative estimate of drug-likeness (QED) is 0.629. The van der Waals surface area contributed by atoms with E-state index < -0.39 is 0 Å². The molecule has 0 aliphatic heterocycles. The van der Waals surface area contributed by atoms with Gasteiger partial charge in [0.2, 0.25) is 5.82 Å². The molecular formula is C14H9ClN2O4. The Labute approximate surface area is 123 Å². The fourth-order valence-electron chi connectivity index (χ4n) is 1.79. The van der Waals surface area contributed by atoms with Crippen LogP contribution in [-0.2, 0) is 0 Å². The van der Waals surface area contributed by atoms with Gasteiger partial charge in [0.1, 0.15) is 5.75 Å². The SMILES string of the molecule is Oc1ccc(-c2noc(-c3cc(Cl)ccc3O)n2)cc1O. The number of benzene rings is 2. The molecule has 3 aromatic rings. The fourth-order valence-corrected chi connectivity index (χ4v) is 1.96. The van der Waals surface area contributed by atoms with E-state index in [0.717, 1.165) is 0 Å². The molecular weight excluding hydrogens is 296 g/mol. The first-order valence-corrected chi connectivity index (χ1v) is 6.27. The maximum absolute atomic E-state index is 9.79. The maximum Gasteiger partial charge on any atom is 0.262 e. The highest BCUT2D eigenvalue weighted by atomic mass is 35.5. The van der Waals surface area contributed by atoms with E-state index in [1.54, 1.807) is 0 Å². The summed E-state index contributed by atoms with van der Waals surface area (Å²) in [5, 5.41) is 32.7. The van der Waals surface area contributed by atoms with E-state index in [1.165, 1.54) is 36.4 Å². The van der Waals surface area contributed by atoms with Crippen LogP contribution in [0, 0.1) is 0 Å². The Hall–Kier alpha value is -2.73. The van der Waals surface area contributed by atoms with E-state index in [2.05, 4.69) is 10.1 Å². The molecule has 21 heavy (non-hydrogen) atoms. The molecule has 3 rings (SSSR count). The van der Waals surface area contributed by atoms with Crippen molar-refractivity contribution < 1.29 is 19.8 Å². The van der Waals surface area contributed by atoms with Crippen molar-refractivity contribution in [3.05, 3.63) is 41.4 Å². The third-order valence-electron chi connectivity index (χ3n) is 2.85.